The van der Waals surface area contributed by atoms with E-state index in [0.717, 1.165) is 22.4 Å². The summed E-state index contributed by atoms with van der Waals surface area (Å²) in [6.45, 7) is 4.17. The van der Waals surface area contributed by atoms with Gasteiger partial charge in [-0.1, -0.05) is 6.58 Å². The predicted molar refractivity (Wildman–Crippen MR) is 79.9 cm³/mol. The molecule has 1 saturated heterocycles. The van der Waals surface area contributed by atoms with Crippen LogP contribution < -0.4 is 4.90 Å². The molecule has 3 heterocycles. The van der Waals surface area contributed by atoms with Crippen molar-refractivity contribution in [3.8, 4) is 0 Å². The van der Waals surface area contributed by atoms with E-state index in [1.807, 2.05) is 33.7 Å². The van der Waals surface area contributed by atoms with Crippen molar-refractivity contribution in [2.24, 2.45) is 0 Å². The smallest absolute Gasteiger partial charge is 0.139 e. The molecule has 0 unspecified atom stereocenters. The van der Waals surface area contributed by atoms with E-state index in [2.05, 4.69) is 11.6 Å². The molecule has 106 valence electrons. The molecule has 5 heteroatoms. The zero-order valence-electron chi connectivity index (χ0n) is 11.3. The molecule has 1 aliphatic rings. The van der Waals surface area contributed by atoms with Crippen LogP contribution in [0.3, 0.4) is 0 Å². The number of alkyl halides is 1. The zero-order valence-corrected chi connectivity index (χ0v) is 11.3. The molecule has 3 aromatic rings. The number of nitrogens with zero attached hydrogens (tertiary/aromatic N) is 3. The quantitative estimate of drug-likeness (QED) is 0.717. The van der Waals surface area contributed by atoms with Crippen LogP contribution in [0.5, 0.6) is 0 Å². The standard InChI is InChI=1S/C16H13F2N3/c1-10(17)11-2-3-15-14(6-11)19-16-7-13(4-5-21(15)16)20-8-12(18)9-20/h2-7,12H,1,8-9H2. The van der Waals surface area contributed by atoms with E-state index in [0.29, 0.717) is 18.7 Å². The normalized spacial score (nSPS) is 15.6. The van der Waals surface area contributed by atoms with E-state index in [1.165, 1.54) is 0 Å². The summed E-state index contributed by atoms with van der Waals surface area (Å²) in [5.74, 6) is -0.468. The minimum Gasteiger partial charge on any atom is -0.365 e. The summed E-state index contributed by atoms with van der Waals surface area (Å²) in [6.07, 6.45) is 1.17. The summed E-state index contributed by atoms with van der Waals surface area (Å²) in [7, 11) is 0. The molecule has 1 aromatic carbocycles. The third kappa shape index (κ3) is 1.88. The number of aromatic nitrogens is 2. The highest BCUT2D eigenvalue weighted by Crippen LogP contribution is 2.27. The Morgan fingerprint density at radius 1 is 1.24 bits per heavy atom. The van der Waals surface area contributed by atoms with Crippen molar-refractivity contribution < 1.29 is 8.78 Å². The highest BCUT2D eigenvalue weighted by Gasteiger charge is 2.26. The van der Waals surface area contributed by atoms with Gasteiger partial charge in [-0.25, -0.2) is 13.8 Å². The molecule has 3 nitrogen and oxygen atoms in total. The number of benzene rings is 1. The number of anilines is 1. The van der Waals surface area contributed by atoms with E-state index in [1.54, 1.807) is 12.1 Å². The number of hydrogen-bond donors (Lipinski definition) is 0. The van der Waals surface area contributed by atoms with Gasteiger partial charge in [0.25, 0.3) is 0 Å². The fourth-order valence-electron chi connectivity index (χ4n) is 2.71. The second-order valence-corrected chi connectivity index (χ2v) is 5.34. The molecule has 21 heavy (non-hydrogen) atoms. The van der Waals surface area contributed by atoms with Crippen molar-refractivity contribution in [1.29, 1.82) is 0 Å². The molecule has 0 spiro atoms. The van der Waals surface area contributed by atoms with Crippen LogP contribution in [0.25, 0.3) is 22.5 Å². The minimum absolute atomic E-state index is 0.433. The second-order valence-electron chi connectivity index (χ2n) is 5.34. The Labute approximate surface area is 120 Å². The van der Waals surface area contributed by atoms with E-state index < -0.39 is 12.0 Å². The van der Waals surface area contributed by atoms with Gasteiger partial charge in [-0.15, -0.1) is 0 Å². The first-order valence-electron chi connectivity index (χ1n) is 6.77. The van der Waals surface area contributed by atoms with Crippen LogP contribution in [-0.2, 0) is 0 Å². The van der Waals surface area contributed by atoms with Crippen molar-refractivity contribution in [3.05, 3.63) is 48.7 Å². The SMILES string of the molecule is C=C(F)c1ccc2c(c1)nc1cc(N3CC(F)C3)ccn12. The van der Waals surface area contributed by atoms with Gasteiger partial charge in [0.15, 0.2) is 0 Å². The Balaban J connectivity index is 1.84. The van der Waals surface area contributed by atoms with Crippen molar-refractivity contribution in [3.63, 3.8) is 0 Å². The molecule has 1 fully saturated rings. The highest BCUT2D eigenvalue weighted by molar-refractivity contribution is 5.84. The average Bonchev–Trinajstić information content (AvgIpc) is 2.80. The van der Waals surface area contributed by atoms with Gasteiger partial charge < -0.3 is 4.90 Å². The fourth-order valence-corrected chi connectivity index (χ4v) is 2.71. The van der Waals surface area contributed by atoms with Crippen LogP contribution in [0, 0.1) is 0 Å². The first kappa shape index (κ1) is 12.3. The lowest BCUT2D eigenvalue weighted by Crippen LogP contribution is -2.48. The van der Waals surface area contributed by atoms with Gasteiger partial charge >= 0.3 is 0 Å². The largest absolute Gasteiger partial charge is 0.365 e. The third-order valence-electron chi connectivity index (χ3n) is 3.90. The number of fused-ring (bicyclic) bond motifs is 3. The number of imidazole rings is 1. The number of hydrogen-bond acceptors (Lipinski definition) is 2. The Bertz CT molecular complexity index is 862. The summed E-state index contributed by atoms with van der Waals surface area (Å²) < 4.78 is 28.1. The molecule has 0 radical (unpaired) electrons. The van der Waals surface area contributed by atoms with E-state index in [4.69, 9.17) is 0 Å². The molecule has 4 rings (SSSR count). The van der Waals surface area contributed by atoms with Gasteiger partial charge in [-0.3, -0.25) is 4.40 Å². The van der Waals surface area contributed by atoms with Gasteiger partial charge in [0.2, 0.25) is 0 Å². The maximum absolute atomic E-state index is 13.2. The monoisotopic (exact) mass is 285 g/mol. The molecule has 0 atom stereocenters. The Kier molecular flexibility index (Phi) is 2.51. The molecule has 0 aliphatic carbocycles. The summed E-state index contributed by atoms with van der Waals surface area (Å²) >= 11 is 0. The molecular weight excluding hydrogens is 272 g/mol. The Morgan fingerprint density at radius 3 is 2.76 bits per heavy atom. The Hall–Kier alpha value is -2.43. The van der Waals surface area contributed by atoms with Crippen molar-refractivity contribution in [2.75, 3.05) is 18.0 Å². The van der Waals surface area contributed by atoms with Gasteiger partial charge in [0.05, 0.1) is 24.1 Å². The molecule has 0 N–H and O–H groups in total. The summed E-state index contributed by atoms with van der Waals surface area (Å²) in [5, 5.41) is 0. The molecule has 0 bridgehead atoms. The highest BCUT2D eigenvalue weighted by atomic mass is 19.1. The number of rotatable bonds is 2. The van der Waals surface area contributed by atoms with Crippen LogP contribution in [-0.4, -0.2) is 28.6 Å². The lowest BCUT2D eigenvalue weighted by atomic mass is 10.1. The topological polar surface area (TPSA) is 20.5 Å². The summed E-state index contributed by atoms with van der Waals surface area (Å²) in [5.41, 5.74) is 3.80. The summed E-state index contributed by atoms with van der Waals surface area (Å²) in [4.78, 5) is 6.48. The van der Waals surface area contributed by atoms with Gasteiger partial charge in [-0.05, 0) is 24.3 Å². The molecule has 1 aliphatic heterocycles. The van der Waals surface area contributed by atoms with Crippen LogP contribution in [0.2, 0.25) is 0 Å². The lowest BCUT2D eigenvalue weighted by molar-refractivity contribution is 0.275. The van der Waals surface area contributed by atoms with Crippen LogP contribution in [0.4, 0.5) is 14.5 Å². The lowest BCUT2D eigenvalue weighted by Gasteiger charge is -2.36. The summed E-state index contributed by atoms with van der Waals surface area (Å²) in [6, 6.07) is 9.08. The minimum atomic E-state index is -0.738. The molecule has 2 aromatic heterocycles. The second kappa shape index (κ2) is 4.28. The van der Waals surface area contributed by atoms with Gasteiger partial charge in [0, 0.05) is 23.5 Å². The van der Waals surface area contributed by atoms with Crippen molar-refractivity contribution >= 4 is 28.2 Å². The molecule has 0 saturated carbocycles. The molecular formula is C16H13F2N3. The molecule has 0 amide bonds. The van der Waals surface area contributed by atoms with Crippen LogP contribution in [0.1, 0.15) is 5.56 Å². The first-order chi connectivity index (χ1) is 10.1. The van der Waals surface area contributed by atoms with Crippen LogP contribution >= 0.6 is 0 Å². The van der Waals surface area contributed by atoms with Gasteiger partial charge in [0.1, 0.15) is 17.6 Å². The van der Waals surface area contributed by atoms with E-state index in [-0.39, 0.29) is 0 Å². The zero-order chi connectivity index (χ0) is 14.6. The predicted octanol–water partition coefficient (Wildman–Crippen LogP) is 3.59. The number of halogens is 2. The van der Waals surface area contributed by atoms with Crippen molar-refractivity contribution in [1.82, 2.24) is 9.38 Å². The van der Waals surface area contributed by atoms with E-state index in [9.17, 15) is 8.78 Å². The third-order valence-corrected chi connectivity index (χ3v) is 3.90. The maximum atomic E-state index is 13.2. The van der Waals surface area contributed by atoms with Crippen molar-refractivity contribution in [2.45, 2.75) is 6.17 Å². The van der Waals surface area contributed by atoms with Gasteiger partial charge in [-0.2, -0.15) is 0 Å². The first-order valence-corrected chi connectivity index (χ1v) is 6.77. The average molecular weight is 285 g/mol. The Morgan fingerprint density at radius 2 is 2.05 bits per heavy atom. The fraction of sp³-hybridized carbons (Fsp3) is 0.188. The maximum Gasteiger partial charge on any atom is 0.139 e. The van der Waals surface area contributed by atoms with E-state index >= 15 is 0 Å². The van der Waals surface area contributed by atoms with Crippen LogP contribution in [0.15, 0.2) is 43.1 Å². The number of pyridine rings is 1.